The third kappa shape index (κ3) is 7.81. The van der Waals surface area contributed by atoms with E-state index in [1.54, 1.807) is 5.57 Å². The van der Waals surface area contributed by atoms with Crippen molar-refractivity contribution in [2.75, 3.05) is 0 Å². The highest BCUT2D eigenvalue weighted by atomic mass is 28.4. The summed E-state index contributed by atoms with van der Waals surface area (Å²) in [4.78, 5) is 0. The molecule has 3 aliphatic carbocycles. The Kier molecular flexibility index (Phi) is 11.0. The van der Waals surface area contributed by atoms with E-state index in [4.69, 9.17) is 8.85 Å². The molecule has 3 rings (SSSR count). The molecule has 41 heavy (non-hydrogen) atoms. The summed E-state index contributed by atoms with van der Waals surface area (Å²) in [5.74, 6) is 2.51. The van der Waals surface area contributed by atoms with Crippen LogP contribution in [0.2, 0.25) is 36.3 Å². The molecule has 0 N–H and O–H groups in total. The van der Waals surface area contributed by atoms with E-state index in [2.05, 4.69) is 107 Å². The van der Waals surface area contributed by atoms with E-state index < -0.39 is 16.6 Å². The normalized spacial score (nSPS) is 31.9. The van der Waals surface area contributed by atoms with Gasteiger partial charge in [0.2, 0.25) is 0 Å². The maximum Gasteiger partial charge on any atom is 0.192 e. The lowest BCUT2D eigenvalue weighted by Crippen LogP contribution is -2.49. The zero-order valence-electron chi connectivity index (χ0n) is 29.6. The van der Waals surface area contributed by atoms with Crippen LogP contribution in [0.25, 0.3) is 0 Å². The molecule has 0 aromatic heterocycles. The summed E-state index contributed by atoms with van der Waals surface area (Å²) in [6.07, 6.45) is 18.1. The predicted octanol–water partition coefficient (Wildman–Crippen LogP) is 12.0. The summed E-state index contributed by atoms with van der Waals surface area (Å²) in [5.41, 5.74) is 4.88. The molecule has 3 aliphatic rings. The molecule has 6 atom stereocenters. The van der Waals surface area contributed by atoms with Crippen LogP contribution >= 0.6 is 0 Å². The molecule has 0 amide bonds. The number of rotatable bonds is 9. The zero-order chi connectivity index (χ0) is 31.0. The summed E-state index contributed by atoms with van der Waals surface area (Å²) in [6, 6.07) is 0. The Morgan fingerprint density at radius 2 is 1.46 bits per heavy atom. The third-order valence-electron chi connectivity index (χ3n) is 12.5. The van der Waals surface area contributed by atoms with Crippen molar-refractivity contribution in [1.82, 2.24) is 0 Å². The summed E-state index contributed by atoms with van der Waals surface area (Å²) in [7, 11) is -3.89. The van der Waals surface area contributed by atoms with Crippen LogP contribution < -0.4 is 0 Å². The van der Waals surface area contributed by atoms with Gasteiger partial charge in [-0.15, -0.1) is 0 Å². The van der Waals surface area contributed by atoms with Gasteiger partial charge in [-0.05, 0) is 110 Å². The van der Waals surface area contributed by atoms with Gasteiger partial charge in [-0.2, -0.15) is 0 Å². The standard InChI is InChI=1S/C37H68O2Si2/c1-15-16-18-27(2)31-22-23-32-30(19-17-24-37(31,32)10)21-20-29-25-33(38-40(11,12)35(4,5)6)28(3)34(26-29)39-41(13,14)36(7,8)9/h20-21,27,31-34H,3,15-19,22-26H2,1-2,4-14H3/t27-,31+,32-,33+,34+,37+/m0/s1. The average molecular weight is 601 g/mol. The van der Waals surface area contributed by atoms with Gasteiger partial charge in [0.1, 0.15) is 0 Å². The lowest BCUT2D eigenvalue weighted by atomic mass is 9.60. The fraction of sp³-hybridized carbons (Fsp3) is 0.838. The molecule has 0 aliphatic heterocycles. The fourth-order valence-electron chi connectivity index (χ4n) is 7.63. The van der Waals surface area contributed by atoms with Gasteiger partial charge >= 0.3 is 0 Å². The van der Waals surface area contributed by atoms with Crippen molar-refractivity contribution >= 4 is 16.6 Å². The highest BCUT2D eigenvalue weighted by Crippen LogP contribution is 2.60. The van der Waals surface area contributed by atoms with E-state index in [1.807, 2.05) is 0 Å². The van der Waals surface area contributed by atoms with E-state index in [9.17, 15) is 0 Å². The minimum absolute atomic E-state index is 0.0518. The molecule has 0 bridgehead atoms. The smallest absolute Gasteiger partial charge is 0.192 e. The lowest BCUT2D eigenvalue weighted by Gasteiger charge is -2.46. The van der Waals surface area contributed by atoms with Crippen molar-refractivity contribution in [1.29, 1.82) is 0 Å². The van der Waals surface area contributed by atoms with Crippen molar-refractivity contribution in [2.45, 2.75) is 175 Å². The van der Waals surface area contributed by atoms with E-state index >= 15 is 0 Å². The largest absolute Gasteiger partial charge is 0.410 e. The number of unbranched alkanes of at least 4 members (excludes halogenated alkanes) is 1. The van der Waals surface area contributed by atoms with Crippen LogP contribution in [0.15, 0.2) is 35.5 Å². The molecule has 0 spiro atoms. The van der Waals surface area contributed by atoms with Gasteiger partial charge in [0.25, 0.3) is 0 Å². The highest BCUT2D eigenvalue weighted by molar-refractivity contribution is 6.74. The Morgan fingerprint density at radius 1 is 0.927 bits per heavy atom. The maximum absolute atomic E-state index is 7.08. The van der Waals surface area contributed by atoms with E-state index in [1.165, 1.54) is 62.5 Å². The van der Waals surface area contributed by atoms with Crippen molar-refractivity contribution in [3.05, 3.63) is 35.5 Å². The maximum atomic E-state index is 7.08. The van der Waals surface area contributed by atoms with Gasteiger partial charge in [-0.25, -0.2) is 0 Å². The minimum atomic E-state index is -1.95. The second-order valence-corrected chi connectivity index (χ2v) is 27.0. The van der Waals surface area contributed by atoms with E-state index in [0.717, 1.165) is 30.6 Å². The van der Waals surface area contributed by atoms with Gasteiger partial charge in [-0.3, -0.25) is 0 Å². The molecule has 3 fully saturated rings. The number of allylic oxidation sites excluding steroid dienone is 3. The van der Waals surface area contributed by atoms with Crippen LogP contribution in [0.3, 0.4) is 0 Å². The molecule has 236 valence electrons. The lowest BCUT2D eigenvalue weighted by molar-refractivity contribution is 0.0934. The number of fused-ring (bicyclic) bond motifs is 1. The molecular formula is C37H68O2Si2. The zero-order valence-corrected chi connectivity index (χ0v) is 31.6. The minimum Gasteiger partial charge on any atom is -0.410 e. The second kappa shape index (κ2) is 12.9. The Labute approximate surface area is 258 Å². The van der Waals surface area contributed by atoms with Crippen molar-refractivity contribution in [3.8, 4) is 0 Å². The average Bonchev–Trinajstić information content (AvgIpc) is 3.19. The highest BCUT2D eigenvalue weighted by Gasteiger charge is 2.50. The Morgan fingerprint density at radius 3 is 1.95 bits per heavy atom. The quantitative estimate of drug-likeness (QED) is 0.193. The van der Waals surface area contributed by atoms with Crippen LogP contribution in [-0.2, 0) is 8.85 Å². The first-order valence-corrected chi connectivity index (χ1v) is 23.0. The van der Waals surface area contributed by atoms with Gasteiger partial charge in [0.05, 0.1) is 12.2 Å². The number of hydrogen-bond acceptors (Lipinski definition) is 2. The molecule has 0 heterocycles. The molecule has 0 saturated heterocycles. The molecule has 0 aromatic rings. The van der Waals surface area contributed by atoms with Gasteiger partial charge in [0.15, 0.2) is 16.6 Å². The van der Waals surface area contributed by atoms with Crippen LogP contribution in [0.4, 0.5) is 0 Å². The SMILES string of the molecule is C=C1[C@H](O[Si](C)(C)C(C)(C)C)CC(=CC=C2CCC[C@]3(C)[C@@H]([C@@H](C)CCCC)CC[C@@H]23)C[C@H]1O[Si](C)(C)C(C)(C)C. The predicted molar refractivity (Wildman–Crippen MR) is 186 cm³/mol. The molecule has 0 unspecified atom stereocenters. The fourth-order valence-corrected chi connectivity index (χ4v) is 10.2. The van der Waals surface area contributed by atoms with Crippen LogP contribution in [-0.4, -0.2) is 28.8 Å². The van der Waals surface area contributed by atoms with Crippen molar-refractivity contribution in [3.63, 3.8) is 0 Å². The van der Waals surface area contributed by atoms with E-state index in [0.29, 0.717) is 5.41 Å². The Balaban J connectivity index is 1.89. The van der Waals surface area contributed by atoms with Gasteiger partial charge in [0, 0.05) is 0 Å². The monoisotopic (exact) mass is 600 g/mol. The molecule has 0 radical (unpaired) electrons. The summed E-state index contributed by atoms with van der Waals surface area (Å²) in [5, 5.41) is 0.346. The topological polar surface area (TPSA) is 18.5 Å². The second-order valence-electron chi connectivity index (χ2n) is 17.5. The first kappa shape index (κ1) is 35.1. The molecule has 3 saturated carbocycles. The Bertz CT molecular complexity index is 934. The molecular weight excluding hydrogens is 533 g/mol. The van der Waals surface area contributed by atoms with Crippen LogP contribution in [0.1, 0.15) is 127 Å². The number of hydrogen-bond donors (Lipinski definition) is 0. The molecule has 2 nitrogen and oxygen atoms in total. The first-order valence-electron chi connectivity index (χ1n) is 17.2. The Hall–Kier alpha value is -0.426. The van der Waals surface area contributed by atoms with Gasteiger partial charge in [-0.1, -0.05) is 111 Å². The van der Waals surface area contributed by atoms with Crippen LogP contribution in [0, 0.1) is 23.2 Å². The van der Waals surface area contributed by atoms with Crippen molar-refractivity contribution in [2.24, 2.45) is 23.2 Å². The molecule has 4 heteroatoms. The summed E-state index contributed by atoms with van der Waals surface area (Å²) < 4.78 is 14.2. The summed E-state index contributed by atoms with van der Waals surface area (Å²) >= 11 is 0. The third-order valence-corrected chi connectivity index (χ3v) is 21.5. The van der Waals surface area contributed by atoms with Crippen molar-refractivity contribution < 1.29 is 8.85 Å². The summed E-state index contributed by atoms with van der Waals surface area (Å²) in [6.45, 7) is 35.7. The van der Waals surface area contributed by atoms with Gasteiger partial charge < -0.3 is 8.85 Å². The van der Waals surface area contributed by atoms with Crippen LogP contribution in [0.5, 0.6) is 0 Å². The first-order chi connectivity index (χ1) is 18.7. The molecule has 0 aromatic carbocycles. The van der Waals surface area contributed by atoms with E-state index in [-0.39, 0.29) is 22.3 Å².